The smallest absolute Gasteiger partial charge is 0.250 e. The summed E-state index contributed by atoms with van der Waals surface area (Å²) in [6.07, 6.45) is 5.46. The number of aryl methyl sites for hydroxylation is 1. The number of nitrogens with zero attached hydrogens (tertiary/aromatic N) is 6. The Balaban J connectivity index is 1.32. The molecule has 0 N–H and O–H groups in total. The molecule has 7 nitrogen and oxygen atoms in total. The second kappa shape index (κ2) is 8.53. The highest BCUT2D eigenvalue weighted by Gasteiger charge is 2.21. The van der Waals surface area contributed by atoms with E-state index in [1.807, 2.05) is 6.92 Å². The van der Waals surface area contributed by atoms with Crippen molar-refractivity contribution in [2.45, 2.75) is 20.3 Å². The highest BCUT2D eigenvalue weighted by Crippen LogP contribution is 2.21. The largest absolute Gasteiger partial charge is 0.369 e. The van der Waals surface area contributed by atoms with Crippen LogP contribution in [0.25, 0.3) is 5.95 Å². The fraction of sp³-hybridized carbons (Fsp3) is 0.364. The van der Waals surface area contributed by atoms with Gasteiger partial charge in [-0.05, 0) is 31.5 Å². The molecule has 150 valence electrons. The third-order valence-electron chi connectivity index (χ3n) is 5.54. The van der Waals surface area contributed by atoms with Gasteiger partial charge in [0.15, 0.2) is 5.78 Å². The number of hydrogen-bond acceptors (Lipinski definition) is 6. The van der Waals surface area contributed by atoms with Crippen LogP contribution in [0.2, 0.25) is 0 Å². The fourth-order valence-corrected chi connectivity index (χ4v) is 3.81. The van der Waals surface area contributed by atoms with Crippen LogP contribution in [-0.2, 0) is 0 Å². The molecule has 0 aliphatic carbocycles. The number of piperazine rings is 1. The third kappa shape index (κ3) is 4.19. The van der Waals surface area contributed by atoms with Gasteiger partial charge in [-0.25, -0.2) is 14.6 Å². The summed E-state index contributed by atoms with van der Waals surface area (Å²) in [5.41, 5.74) is 4.06. The third-order valence-corrected chi connectivity index (χ3v) is 5.54. The number of benzene rings is 1. The highest BCUT2D eigenvalue weighted by molar-refractivity contribution is 5.97. The predicted molar refractivity (Wildman–Crippen MR) is 113 cm³/mol. The molecule has 0 saturated carbocycles. The quantitative estimate of drug-likeness (QED) is 0.603. The summed E-state index contributed by atoms with van der Waals surface area (Å²) >= 11 is 0. The van der Waals surface area contributed by atoms with E-state index in [1.54, 1.807) is 29.3 Å². The first-order valence-corrected chi connectivity index (χ1v) is 10.0. The number of Topliss-reactive ketones (excluding diaryl/α,β-unsaturated/α-hetero) is 1. The van der Waals surface area contributed by atoms with Gasteiger partial charge in [0, 0.05) is 57.2 Å². The van der Waals surface area contributed by atoms with E-state index in [4.69, 9.17) is 0 Å². The molecule has 29 heavy (non-hydrogen) atoms. The SMILES string of the molecule is Cc1ccccc1N1CCN(CCC(=O)c2cnn(-c3ncccn3)c2C)CC1. The normalized spacial score (nSPS) is 14.9. The minimum Gasteiger partial charge on any atom is -0.369 e. The van der Waals surface area contributed by atoms with Crippen molar-refractivity contribution in [3.8, 4) is 5.95 Å². The molecule has 2 aromatic heterocycles. The monoisotopic (exact) mass is 390 g/mol. The van der Waals surface area contributed by atoms with E-state index in [-0.39, 0.29) is 5.78 Å². The summed E-state index contributed by atoms with van der Waals surface area (Å²) in [5.74, 6) is 0.599. The average molecular weight is 390 g/mol. The maximum absolute atomic E-state index is 12.8. The molecule has 7 heteroatoms. The molecule has 3 heterocycles. The Morgan fingerprint density at radius 3 is 2.45 bits per heavy atom. The van der Waals surface area contributed by atoms with E-state index in [0.29, 0.717) is 17.9 Å². The molecule has 1 aliphatic rings. The van der Waals surface area contributed by atoms with Crippen LogP contribution in [0.15, 0.2) is 48.9 Å². The van der Waals surface area contributed by atoms with Gasteiger partial charge >= 0.3 is 0 Å². The molecule has 4 rings (SSSR count). The predicted octanol–water partition coefficient (Wildman–Crippen LogP) is 2.67. The lowest BCUT2D eigenvalue weighted by atomic mass is 10.1. The number of para-hydroxylation sites is 1. The van der Waals surface area contributed by atoms with Crippen LogP contribution in [0.5, 0.6) is 0 Å². The maximum Gasteiger partial charge on any atom is 0.250 e. The molecular formula is C22H26N6O. The number of aromatic nitrogens is 4. The molecule has 3 aromatic rings. The zero-order valence-corrected chi connectivity index (χ0v) is 17.0. The molecule has 0 unspecified atom stereocenters. The number of rotatable bonds is 6. The van der Waals surface area contributed by atoms with Crippen molar-refractivity contribution in [2.24, 2.45) is 0 Å². The second-order valence-corrected chi connectivity index (χ2v) is 7.39. The van der Waals surface area contributed by atoms with Gasteiger partial charge in [0.05, 0.1) is 17.5 Å². The lowest BCUT2D eigenvalue weighted by Crippen LogP contribution is -2.47. The van der Waals surface area contributed by atoms with Crippen molar-refractivity contribution < 1.29 is 4.79 Å². The van der Waals surface area contributed by atoms with Gasteiger partial charge in [-0.3, -0.25) is 9.69 Å². The van der Waals surface area contributed by atoms with Gasteiger partial charge in [-0.1, -0.05) is 18.2 Å². The van der Waals surface area contributed by atoms with E-state index in [0.717, 1.165) is 38.4 Å². The summed E-state index contributed by atoms with van der Waals surface area (Å²) in [7, 11) is 0. The molecule has 0 atom stereocenters. The van der Waals surface area contributed by atoms with E-state index in [2.05, 4.69) is 56.1 Å². The molecule has 1 fully saturated rings. The molecule has 0 spiro atoms. The minimum absolute atomic E-state index is 0.117. The topological polar surface area (TPSA) is 67.2 Å². The van der Waals surface area contributed by atoms with Crippen LogP contribution in [0, 0.1) is 13.8 Å². The van der Waals surface area contributed by atoms with Gasteiger partial charge in [0.1, 0.15) is 0 Å². The summed E-state index contributed by atoms with van der Waals surface area (Å²) in [5, 5.41) is 4.30. The summed E-state index contributed by atoms with van der Waals surface area (Å²) in [4.78, 5) is 26.0. The Morgan fingerprint density at radius 2 is 1.72 bits per heavy atom. The lowest BCUT2D eigenvalue weighted by molar-refractivity contribution is 0.0962. The standard InChI is InChI=1S/C22H26N6O/c1-17-6-3-4-7-20(17)27-14-12-26(13-15-27)11-8-21(29)19-16-25-28(18(19)2)22-23-9-5-10-24-22/h3-7,9-10,16H,8,11-15H2,1-2H3. The van der Waals surface area contributed by atoms with Crippen LogP contribution >= 0.6 is 0 Å². The Bertz CT molecular complexity index is 976. The first-order valence-electron chi connectivity index (χ1n) is 10.0. The second-order valence-electron chi connectivity index (χ2n) is 7.39. The Kier molecular flexibility index (Phi) is 5.67. The fourth-order valence-electron chi connectivity index (χ4n) is 3.81. The molecule has 0 amide bonds. The van der Waals surface area contributed by atoms with Crippen molar-refractivity contribution in [1.29, 1.82) is 0 Å². The maximum atomic E-state index is 12.8. The van der Waals surface area contributed by atoms with E-state index < -0.39 is 0 Å². The van der Waals surface area contributed by atoms with E-state index in [9.17, 15) is 4.79 Å². The summed E-state index contributed by atoms with van der Waals surface area (Å²) < 4.78 is 1.62. The first kappa shape index (κ1) is 19.3. The van der Waals surface area contributed by atoms with Gasteiger partial charge < -0.3 is 4.90 Å². The molecular weight excluding hydrogens is 364 g/mol. The first-order chi connectivity index (χ1) is 14.1. The van der Waals surface area contributed by atoms with Crippen LogP contribution in [0.3, 0.4) is 0 Å². The summed E-state index contributed by atoms with van der Waals surface area (Å²) in [6.45, 7) is 8.73. The minimum atomic E-state index is 0.117. The number of hydrogen-bond donors (Lipinski definition) is 0. The number of carbonyl (C=O) groups is 1. The van der Waals surface area contributed by atoms with Gasteiger partial charge in [-0.2, -0.15) is 5.10 Å². The Hall–Kier alpha value is -3.06. The number of anilines is 1. The molecule has 1 aromatic carbocycles. The van der Waals surface area contributed by atoms with Crippen LogP contribution < -0.4 is 4.90 Å². The molecule has 1 aliphatic heterocycles. The lowest BCUT2D eigenvalue weighted by Gasteiger charge is -2.36. The van der Waals surface area contributed by atoms with Gasteiger partial charge in [0.2, 0.25) is 0 Å². The Labute approximate surface area is 171 Å². The molecule has 1 saturated heterocycles. The molecule has 0 bridgehead atoms. The average Bonchev–Trinajstić information content (AvgIpc) is 3.15. The van der Waals surface area contributed by atoms with Crippen molar-refractivity contribution in [3.05, 3.63) is 65.7 Å². The van der Waals surface area contributed by atoms with E-state index >= 15 is 0 Å². The van der Waals surface area contributed by atoms with Crippen LogP contribution in [0.1, 0.15) is 28.0 Å². The Morgan fingerprint density at radius 1 is 1.00 bits per heavy atom. The van der Waals surface area contributed by atoms with Crippen molar-refractivity contribution in [1.82, 2.24) is 24.6 Å². The van der Waals surface area contributed by atoms with Crippen molar-refractivity contribution in [2.75, 3.05) is 37.6 Å². The van der Waals surface area contributed by atoms with Crippen LogP contribution in [0.4, 0.5) is 5.69 Å². The number of ketones is 1. The zero-order valence-electron chi connectivity index (χ0n) is 17.0. The van der Waals surface area contributed by atoms with Crippen molar-refractivity contribution >= 4 is 11.5 Å². The molecule has 0 radical (unpaired) electrons. The van der Waals surface area contributed by atoms with Crippen LogP contribution in [-0.4, -0.2) is 63.2 Å². The number of carbonyl (C=O) groups excluding carboxylic acids is 1. The zero-order chi connectivity index (χ0) is 20.2. The van der Waals surface area contributed by atoms with E-state index in [1.165, 1.54) is 11.3 Å². The van der Waals surface area contributed by atoms with Gasteiger partial charge in [0.25, 0.3) is 5.95 Å². The highest BCUT2D eigenvalue weighted by atomic mass is 16.1. The van der Waals surface area contributed by atoms with Crippen molar-refractivity contribution in [3.63, 3.8) is 0 Å². The van der Waals surface area contributed by atoms with Gasteiger partial charge in [-0.15, -0.1) is 0 Å². The summed E-state index contributed by atoms with van der Waals surface area (Å²) in [6, 6.07) is 10.3.